The summed E-state index contributed by atoms with van der Waals surface area (Å²) in [5.41, 5.74) is 2.31. The maximum atomic E-state index is 14.4. The van der Waals surface area contributed by atoms with Gasteiger partial charge in [0.1, 0.15) is 11.6 Å². The van der Waals surface area contributed by atoms with E-state index in [1.165, 1.54) is 19.6 Å². The van der Waals surface area contributed by atoms with Crippen molar-refractivity contribution in [1.29, 1.82) is 0 Å². The molecule has 3 aliphatic carbocycles. The molecule has 0 radical (unpaired) electrons. The van der Waals surface area contributed by atoms with Gasteiger partial charge in [-0.15, -0.1) is 0 Å². The van der Waals surface area contributed by atoms with Gasteiger partial charge in [-0.1, -0.05) is 26.8 Å². The van der Waals surface area contributed by atoms with Crippen LogP contribution < -0.4 is 20.9 Å². The van der Waals surface area contributed by atoms with Crippen LogP contribution in [0.25, 0.3) is 10.9 Å². The third-order valence-corrected chi connectivity index (χ3v) is 10.2. The molecule has 8 nitrogen and oxygen atoms in total. The molecular weight excluding hydrogens is 531 g/mol. The summed E-state index contributed by atoms with van der Waals surface area (Å²) in [5.74, 6) is 3.05. The van der Waals surface area contributed by atoms with E-state index in [1.807, 2.05) is 18.2 Å². The molecule has 4 aliphatic rings. The van der Waals surface area contributed by atoms with E-state index in [9.17, 15) is 9.18 Å². The van der Waals surface area contributed by atoms with Crippen LogP contribution >= 0.6 is 0 Å². The van der Waals surface area contributed by atoms with E-state index in [0.29, 0.717) is 58.6 Å². The lowest BCUT2D eigenvalue weighted by Gasteiger charge is -2.61. The van der Waals surface area contributed by atoms with Crippen molar-refractivity contribution in [3.8, 4) is 5.75 Å². The minimum Gasteiger partial charge on any atom is -0.497 e. The first-order valence-electron chi connectivity index (χ1n) is 15.3. The summed E-state index contributed by atoms with van der Waals surface area (Å²) in [5, 5.41) is 7.70. The monoisotopic (exact) mass is 574 g/mol. The van der Waals surface area contributed by atoms with Gasteiger partial charge >= 0.3 is 0 Å². The van der Waals surface area contributed by atoms with Crippen LogP contribution in [-0.4, -0.2) is 59.2 Å². The number of fused-ring (bicyclic) bond motifs is 3. The molecule has 1 aliphatic heterocycles. The Hall–Kier alpha value is -3.46. The number of anilines is 1. The Kier molecular flexibility index (Phi) is 7.72. The highest BCUT2D eigenvalue weighted by molar-refractivity contribution is 5.96. The number of nitrogens with zero attached hydrogens (tertiary/aromatic N) is 4. The zero-order valence-electron chi connectivity index (χ0n) is 25.4. The number of aryl methyl sites for hydroxylation is 2. The Morgan fingerprint density at radius 2 is 2.05 bits per heavy atom. The minimum atomic E-state index is -0.341. The smallest absolute Gasteiger partial charge is 0.261 e. The quantitative estimate of drug-likeness (QED) is 0.321. The van der Waals surface area contributed by atoms with Gasteiger partial charge in [0.25, 0.3) is 5.56 Å². The summed E-state index contributed by atoms with van der Waals surface area (Å²) < 4.78 is 21.0. The number of nitrogens with one attached hydrogen (secondary N) is 2. The van der Waals surface area contributed by atoms with Crippen LogP contribution in [0.2, 0.25) is 0 Å². The molecule has 0 spiro atoms. The first-order valence-corrected chi connectivity index (χ1v) is 15.3. The number of piperazine rings is 1. The molecule has 1 unspecified atom stereocenters. The van der Waals surface area contributed by atoms with Gasteiger partial charge in [-0.2, -0.15) is 0 Å². The molecule has 2 aromatic carbocycles. The van der Waals surface area contributed by atoms with E-state index in [0.717, 1.165) is 49.5 Å². The number of rotatable bonds is 6. The number of halogens is 1. The first kappa shape index (κ1) is 28.6. The van der Waals surface area contributed by atoms with E-state index < -0.39 is 0 Å². The normalized spacial score (nSPS) is 27.0. The van der Waals surface area contributed by atoms with Crippen molar-refractivity contribution >= 4 is 22.5 Å². The SMILES string of the molecule is COc1ccc(CCn2cnc3cc(NC(=NC4C[C@@H]5C[C@@H]([C@H]4C)C5(C)C)N4CCN[C@@H](C)C4)ccc3c2=O)c(F)c1. The van der Waals surface area contributed by atoms with Gasteiger partial charge in [-0.3, -0.25) is 9.36 Å². The van der Waals surface area contributed by atoms with Crippen LogP contribution in [0.5, 0.6) is 5.75 Å². The lowest BCUT2D eigenvalue weighted by molar-refractivity contribution is -0.108. The molecule has 7 rings (SSSR count). The van der Waals surface area contributed by atoms with Crippen molar-refractivity contribution in [1.82, 2.24) is 19.8 Å². The van der Waals surface area contributed by atoms with Gasteiger partial charge in [-0.05, 0) is 79.2 Å². The number of hydrogen-bond donors (Lipinski definition) is 2. The lowest BCUT2D eigenvalue weighted by Crippen LogP contribution is -2.57. The molecule has 0 amide bonds. The summed E-state index contributed by atoms with van der Waals surface area (Å²) in [6.07, 6.45) is 4.40. The summed E-state index contributed by atoms with van der Waals surface area (Å²) >= 11 is 0. The van der Waals surface area contributed by atoms with E-state index >= 15 is 0 Å². The molecule has 5 atom stereocenters. The van der Waals surface area contributed by atoms with E-state index in [1.54, 1.807) is 23.0 Å². The van der Waals surface area contributed by atoms with Crippen molar-refractivity contribution in [3.63, 3.8) is 0 Å². The number of methoxy groups -OCH3 is 1. The third kappa shape index (κ3) is 5.39. The van der Waals surface area contributed by atoms with Crippen LogP contribution in [0.3, 0.4) is 0 Å². The molecule has 224 valence electrons. The lowest BCUT2D eigenvalue weighted by atomic mass is 9.45. The number of guanidine groups is 1. The van der Waals surface area contributed by atoms with Gasteiger partial charge in [0, 0.05) is 44.0 Å². The van der Waals surface area contributed by atoms with Crippen molar-refractivity contribution in [2.75, 3.05) is 32.1 Å². The molecule has 42 heavy (non-hydrogen) atoms. The second-order valence-corrected chi connectivity index (χ2v) is 13.1. The summed E-state index contributed by atoms with van der Waals surface area (Å²) in [7, 11) is 1.51. The van der Waals surface area contributed by atoms with Gasteiger partial charge in [0.2, 0.25) is 0 Å². The second-order valence-electron chi connectivity index (χ2n) is 13.1. The van der Waals surface area contributed by atoms with Crippen molar-refractivity contribution in [3.05, 3.63) is 64.5 Å². The first-order chi connectivity index (χ1) is 20.1. The van der Waals surface area contributed by atoms with Crippen molar-refractivity contribution < 1.29 is 9.13 Å². The summed E-state index contributed by atoms with van der Waals surface area (Å²) in [6.45, 7) is 12.5. The van der Waals surface area contributed by atoms with Crippen molar-refractivity contribution in [2.24, 2.45) is 28.2 Å². The number of aromatic nitrogens is 2. The standard InChI is InChI=1S/C33H43FN6O2/c1-20-18-39(13-11-35-20)32(38-29-15-23-14-27(21(29)2)33(23,3)4)37-24-7-9-26-30(16-24)36-19-40(31(26)41)12-10-22-6-8-25(42-5)17-28(22)34/h6-9,16-17,19-21,23,27,29,35H,10-15,18H2,1-5H3,(H,37,38)/t20-,21+,23-,27-,29?/m0/s1. The Labute approximate surface area is 247 Å². The van der Waals surface area contributed by atoms with Crippen LogP contribution in [0.1, 0.15) is 46.1 Å². The molecule has 2 bridgehead atoms. The number of benzene rings is 2. The fourth-order valence-corrected chi connectivity index (χ4v) is 7.39. The summed E-state index contributed by atoms with van der Waals surface area (Å²) in [4.78, 5) is 25.6. The highest BCUT2D eigenvalue weighted by atomic mass is 19.1. The predicted molar refractivity (Wildman–Crippen MR) is 166 cm³/mol. The molecule has 2 heterocycles. The Morgan fingerprint density at radius 3 is 2.76 bits per heavy atom. The van der Waals surface area contributed by atoms with Gasteiger partial charge in [0.15, 0.2) is 5.96 Å². The van der Waals surface area contributed by atoms with E-state index in [2.05, 4.69) is 48.2 Å². The fourth-order valence-electron chi connectivity index (χ4n) is 7.39. The highest BCUT2D eigenvalue weighted by Crippen LogP contribution is 2.61. The molecule has 1 aromatic heterocycles. The maximum absolute atomic E-state index is 14.4. The van der Waals surface area contributed by atoms with Crippen LogP contribution in [-0.2, 0) is 13.0 Å². The zero-order valence-corrected chi connectivity index (χ0v) is 25.4. The van der Waals surface area contributed by atoms with Crippen LogP contribution in [0.4, 0.5) is 10.1 Å². The minimum absolute atomic E-state index is 0.136. The predicted octanol–water partition coefficient (Wildman–Crippen LogP) is 4.92. The number of aliphatic imine (C=N–C) groups is 1. The fraction of sp³-hybridized carbons (Fsp3) is 0.545. The van der Waals surface area contributed by atoms with Crippen molar-refractivity contribution in [2.45, 2.75) is 65.6 Å². The molecule has 3 aromatic rings. The molecule has 9 heteroatoms. The third-order valence-electron chi connectivity index (χ3n) is 10.2. The molecule has 2 N–H and O–H groups in total. The van der Waals surface area contributed by atoms with E-state index in [4.69, 9.17) is 9.73 Å². The number of ether oxygens (including phenoxy) is 1. The number of hydrogen-bond acceptors (Lipinski definition) is 5. The molecule has 1 saturated heterocycles. The average Bonchev–Trinajstić information content (AvgIpc) is 2.97. The highest BCUT2D eigenvalue weighted by Gasteiger charge is 2.56. The van der Waals surface area contributed by atoms with Gasteiger partial charge < -0.3 is 20.3 Å². The largest absolute Gasteiger partial charge is 0.497 e. The molecular formula is C33H43FN6O2. The van der Waals surface area contributed by atoms with Gasteiger partial charge in [-0.25, -0.2) is 14.4 Å². The maximum Gasteiger partial charge on any atom is 0.261 e. The zero-order chi connectivity index (χ0) is 29.6. The van der Waals surface area contributed by atoms with Gasteiger partial charge in [0.05, 0.1) is 30.4 Å². The molecule has 4 fully saturated rings. The Bertz CT molecular complexity index is 1550. The topological polar surface area (TPSA) is 83.8 Å². The van der Waals surface area contributed by atoms with E-state index in [-0.39, 0.29) is 11.4 Å². The van der Waals surface area contributed by atoms with Crippen LogP contribution in [0.15, 0.2) is 52.5 Å². The summed E-state index contributed by atoms with van der Waals surface area (Å²) in [6, 6.07) is 11.2. The second kappa shape index (κ2) is 11.3. The van der Waals surface area contributed by atoms with Crippen LogP contribution in [0, 0.1) is 29.0 Å². The Balaban J connectivity index is 1.22. The molecule has 3 saturated carbocycles. The Morgan fingerprint density at radius 1 is 1.21 bits per heavy atom. The average molecular weight is 575 g/mol.